The molecule has 0 aliphatic carbocycles. The molecule has 1 fully saturated rings. The molecule has 2 rings (SSSR count). The highest BCUT2D eigenvalue weighted by atomic mass is 32.1. The normalized spacial score (nSPS) is 15.8. The summed E-state index contributed by atoms with van der Waals surface area (Å²) in [5.41, 5.74) is 0. The van der Waals surface area contributed by atoms with E-state index in [0.29, 0.717) is 39.0 Å². The Morgan fingerprint density at radius 3 is 2.50 bits per heavy atom. The first-order chi connectivity index (χ1) is 8.66. The molecule has 1 aliphatic rings. The fourth-order valence-corrected chi connectivity index (χ4v) is 2.64. The average molecular weight is 267 g/mol. The van der Waals surface area contributed by atoms with E-state index in [1.165, 1.54) is 0 Å². The standard InChI is InChI=1S/C12H17N3O2S/c1-10(16)14-5-7-15(8-6-14)12(17)3-2-11-13-4-9-18-11/h4,9H,2-3,5-8H2,1H3. The van der Waals surface area contributed by atoms with E-state index in [2.05, 4.69) is 4.98 Å². The average Bonchev–Trinajstić information content (AvgIpc) is 2.89. The van der Waals surface area contributed by atoms with Gasteiger partial charge >= 0.3 is 0 Å². The molecule has 0 saturated carbocycles. The highest BCUT2D eigenvalue weighted by Crippen LogP contribution is 2.10. The molecule has 5 nitrogen and oxygen atoms in total. The van der Waals surface area contributed by atoms with Gasteiger partial charge in [0.1, 0.15) is 0 Å². The Morgan fingerprint density at radius 2 is 1.94 bits per heavy atom. The zero-order valence-electron chi connectivity index (χ0n) is 10.5. The van der Waals surface area contributed by atoms with Crippen LogP contribution in [0.3, 0.4) is 0 Å². The van der Waals surface area contributed by atoms with Crippen molar-refractivity contribution in [3.63, 3.8) is 0 Å². The molecule has 1 aliphatic heterocycles. The summed E-state index contributed by atoms with van der Waals surface area (Å²) < 4.78 is 0. The number of aromatic nitrogens is 1. The van der Waals surface area contributed by atoms with Gasteiger partial charge in [0.25, 0.3) is 0 Å². The third-order valence-corrected chi connectivity index (χ3v) is 3.95. The number of hydrogen-bond acceptors (Lipinski definition) is 4. The molecule has 0 bridgehead atoms. The van der Waals surface area contributed by atoms with Gasteiger partial charge in [-0.3, -0.25) is 9.59 Å². The quantitative estimate of drug-likeness (QED) is 0.812. The monoisotopic (exact) mass is 267 g/mol. The Kier molecular flexibility index (Phi) is 4.30. The third kappa shape index (κ3) is 3.29. The maximum Gasteiger partial charge on any atom is 0.223 e. The van der Waals surface area contributed by atoms with Crippen molar-refractivity contribution in [2.45, 2.75) is 19.8 Å². The number of thiazole rings is 1. The first-order valence-corrected chi connectivity index (χ1v) is 6.96. The molecule has 1 saturated heterocycles. The Bertz CT molecular complexity index is 411. The van der Waals surface area contributed by atoms with E-state index in [9.17, 15) is 9.59 Å². The molecule has 0 N–H and O–H groups in total. The summed E-state index contributed by atoms with van der Waals surface area (Å²) >= 11 is 1.58. The molecule has 0 aromatic carbocycles. The van der Waals surface area contributed by atoms with Gasteiger partial charge in [0.15, 0.2) is 0 Å². The van der Waals surface area contributed by atoms with Crippen LogP contribution in [0.25, 0.3) is 0 Å². The highest BCUT2D eigenvalue weighted by molar-refractivity contribution is 7.09. The van der Waals surface area contributed by atoms with Gasteiger partial charge in [-0.1, -0.05) is 0 Å². The number of rotatable bonds is 3. The van der Waals surface area contributed by atoms with Crippen LogP contribution in [0.4, 0.5) is 0 Å². The molecule has 6 heteroatoms. The lowest BCUT2D eigenvalue weighted by atomic mass is 10.2. The molecule has 98 valence electrons. The topological polar surface area (TPSA) is 53.5 Å². The van der Waals surface area contributed by atoms with Crippen LogP contribution in [-0.2, 0) is 16.0 Å². The van der Waals surface area contributed by atoms with Crippen molar-refractivity contribution in [1.82, 2.24) is 14.8 Å². The van der Waals surface area contributed by atoms with Gasteiger partial charge in [-0.2, -0.15) is 0 Å². The van der Waals surface area contributed by atoms with Gasteiger partial charge in [0.05, 0.1) is 5.01 Å². The summed E-state index contributed by atoms with van der Waals surface area (Å²) in [6.07, 6.45) is 2.98. The van der Waals surface area contributed by atoms with E-state index in [-0.39, 0.29) is 11.8 Å². The van der Waals surface area contributed by atoms with Crippen molar-refractivity contribution < 1.29 is 9.59 Å². The van der Waals surface area contributed by atoms with Crippen LogP contribution in [-0.4, -0.2) is 52.8 Å². The molecule has 18 heavy (non-hydrogen) atoms. The second-order valence-electron chi connectivity index (χ2n) is 4.31. The first kappa shape index (κ1) is 13.0. The van der Waals surface area contributed by atoms with E-state index in [1.807, 2.05) is 10.3 Å². The van der Waals surface area contributed by atoms with E-state index >= 15 is 0 Å². The SMILES string of the molecule is CC(=O)N1CCN(C(=O)CCc2nccs2)CC1. The number of nitrogens with zero attached hydrogens (tertiary/aromatic N) is 3. The molecule has 0 atom stereocenters. The molecule has 2 amide bonds. The third-order valence-electron chi connectivity index (χ3n) is 3.11. The van der Waals surface area contributed by atoms with Gasteiger partial charge in [-0.25, -0.2) is 4.98 Å². The molecule has 0 spiro atoms. The summed E-state index contributed by atoms with van der Waals surface area (Å²) in [5, 5.41) is 2.93. The Morgan fingerprint density at radius 1 is 1.28 bits per heavy atom. The van der Waals surface area contributed by atoms with Crippen molar-refractivity contribution in [2.24, 2.45) is 0 Å². The van der Waals surface area contributed by atoms with Crippen molar-refractivity contribution in [3.8, 4) is 0 Å². The Labute approximate surface area is 110 Å². The lowest BCUT2D eigenvalue weighted by Crippen LogP contribution is -2.50. The van der Waals surface area contributed by atoms with Crippen LogP contribution >= 0.6 is 11.3 Å². The van der Waals surface area contributed by atoms with E-state index < -0.39 is 0 Å². The van der Waals surface area contributed by atoms with Crippen LogP contribution in [0.5, 0.6) is 0 Å². The molecule has 1 aromatic heterocycles. The highest BCUT2D eigenvalue weighted by Gasteiger charge is 2.21. The van der Waals surface area contributed by atoms with Crippen LogP contribution in [0.2, 0.25) is 0 Å². The van der Waals surface area contributed by atoms with Crippen molar-refractivity contribution in [3.05, 3.63) is 16.6 Å². The van der Waals surface area contributed by atoms with Gasteiger partial charge in [0.2, 0.25) is 11.8 Å². The van der Waals surface area contributed by atoms with Crippen molar-refractivity contribution in [1.29, 1.82) is 0 Å². The van der Waals surface area contributed by atoms with Crippen molar-refractivity contribution >= 4 is 23.2 Å². The minimum Gasteiger partial charge on any atom is -0.339 e. The number of amides is 2. The smallest absolute Gasteiger partial charge is 0.223 e. The largest absolute Gasteiger partial charge is 0.339 e. The molecule has 0 radical (unpaired) electrons. The number of aryl methyl sites for hydroxylation is 1. The molecular formula is C12H17N3O2S. The lowest BCUT2D eigenvalue weighted by molar-refractivity contribution is -0.138. The minimum absolute atomic E-state index is 0.0879. The maximum absolute atomic E-state index is 12.0. The van der Waals surface area contributed by atoms with Crippen LogP contribution in [0.15, 0.2) is 11.6 Å². The molecule has 1 aromatic rings. The summed E-state index contributed by atoms with van der Waals surface area (Å²) in [5.74, 6) is 0.248. The number of carbonyl (C=O) groups is 2. The fourth-order valence-electron chi connectivity index (χ4n) is 2.02. The van der Waals surface area contributed by atoms with Gasteiger partial charge in [0, 0.05) is 57.5 Å². The lowest BCUT2D eigenvalue weighted by Gasteiger charge is -2.34. The van der Waals surface area contributed by atoms with Crippen LogP contribution < -0.4 is 0 Å². The summed E-state index contributed by atoms with van der Waals surface area (Å²) in [6.45, 7) is 4.17. The molecule has 0 unspecified atom stereocenters. The fraction of sp³-hybridized carbons (Fsp3) is 0.583. The van der Waals surface area contributed by atoms with Gasteiger partial charge in [-0.15, -0.1) is 11.3 Å². The first-order valence-electron chi connectivity index (χ1n) is 6.08. The number of piperazine rings is 1. The number of carbonyl (C=O) groups excluding carboxylic acids is 2. The van der Waals surface area contributed by atoms with E-state index in [4.69, 9.17) is 0 Å². The van der Waals surface area contributed by atoms with Crippen molar-refractivity contribution in [2.75, 3.05) is 26.2 Å². The minimum atomic E-state index is 0.0879. The van der Waals surface area contributed by atoms with E-state index in [0.717, 1.165) is 5.01 Å². The van der Waals surface area contributed by atoms with Gasteiger partial charge < -0.3 is 9.80 Å². The Balaban J connectivity index is 1.75. The summed E-state index contributed by atoms with van der Waals surface area (Å²) in [4.78, 5) is 30.9. The van der Waals surface area contributed by atoms with Crippen LogP contribution in [0, 0.1) is 0 Å². The predicted octanol–water partition coefficient (Wildman–Crippen LogP) is 0.766. The van der Waals surface area contributed by atoms with Gasteiger partial charge in [-0.05, 0) is 0 Å². The van der Waals surface area contributed by atoms with Crippen LogP contribution in [0.1, 0.15) is 18.4 Å². The zero-order chi connectivity index (χ0) is 13.0. The molecule has 2 heterocycles. The maximum atomic E-state index is 12.0. The molecular weight excluding hydrogens is 250 g/mol. The predicted molar refractivity (Wildman–Crippen MR) is 69.3 cm³/mol. The zero-order valence-corrected chi connectivity index (χ0v) is 11.3. The second kappa shape index (κ2) is 5.95. The second-order valence-corrected chi connectivity index (χ2v) is 5.29. The van der Waals surface area contributed by atoms with E-state index in [1.54, 1.807) is 29.4 Å². The number of hydrogen-bond donors (Lipinski definition) is 0. The Hall–Kier alpha value is -1.43. The summed E-state index contributed by atoms with van der Waals surface area (Å²) in [7, 11) is 0. The summed E-state index contributed by atoms with van der Waals surface area (Å²) in [6, 6.07) is 0.